The van der Waals surface area contributed by atoms with E-state index in [0.717, 1.165) is 64.2 Å². The van der Waals surface area contributed by atoms with Gasteiger partial charge >= 0.3 is 17.9 Å². The van der Waals surface area contributed by atoms with Gasteiger partial charge in [0.1, 0.15) is 6.61 Å². The van der Waals surface area contributed by atoms with E-state index in [0.29, 0.717) is 19.6 Å². The number of rotatable bonds is 20. The first-order valence-electron chi connectivity index (χ1n) is 12.5. The number of aliphatic hydroxyl groups is 1. The van der Waals surface area contributed by atoms with E-state index >= 15 is 0 Å². The summed E-state index contributed by atoms with van der Waals surface area (Å²) in [5.74, 6) is -3.58. The molecule has 0 aliphatic rings. The zero-order valence-electron chi connectivity index (χ0n) is 20.7. The smallest absolute Gasteiger partial charge is 0.310 e. The Morgan fingerprint density at radius 1 is 0.719 bits per heavy atom. The molecule has 0 aliphatic heterocycles. The Hall–Kier alpha value is -1.63. The zero-order valence-corrected chi connectivity index (χ0v) is 20.7. The van der Waals surface area contributed by atoms with Gasteiger partial charge in [0.05, 0.1) is 37.6 Å². The van der Waals surface area contributed by atoms with Crippen molar-refractivity contribution in [1.29, 1.82) is 0 Å². The van der Waals surface area contributed by atoms with E-state index in [4.69, 9.17) is 14.2 Å². The fourth-order valence-electron chi connectivity index (χ4n) is 3.17. The first-order valence-corrected chi connectivity index (χ1v) is 12.5. The molecule has 1 N–H and O–H groups in total. The number of hydrogen-bond acceptors (Lipinski definition) is 7. The second-order valence-corrected chi connectivity index (χ2v) is 8.51. The molecular formula is C25H46O7. The van der Waals surface area contributed by atoms with Gasteiger partial charge in [0.2, 0.25) is 0 Å². The molecule has 0 bridgehead atoms. The highest BCUT2D eigenvalue weighted by Crippen LogP contribution is 2.21. The van der Waals surface area contributed by atoms with E-state index in [2.05, 4.69) is 13.8 Å². The Kier molecular flexibility index (Phi) is 19.0. The van der Waals surface area contributed by atoms with Crippen molar-refractivity contribution in [3.63, 3.8) is 0 Å². The minimum absolute atomic E-state index is 0.169. The maximum Gasteiger partial charge on any atom is 0.310 e. The monoisotopic (exact) mass is 458 g/mol. The van der Waals surface area contributed by atoms with Crippen molar-refractivity contribution in [3.05, 3.63) is 0 Å². The maximum atomic E-state index is 12.6. The highest BCUT2D eigenvalue weighted by Gasteiger charge is 2.35. The van der Waals surface area contributed by atoms with E-state index in [-0.39, 0.29) is 13.0 Å². The normalized spacial score (nSPS) is 13.8. The molecule has 0 radical (unpaired) electrons. The number of hydrogen-bond donors (Lipinski definition) is 1. The van der Waals surface area contributed by atoms with Gasteiger partial charge < -0.3 is 19.3 Å². The Labute approximate surface area is 194 Å². The molecule has 7 nitrogen and oxygen atoms in total. The molecule has 0 spiro atoms. The summed E-state index contributed by atoms with van der Waals surface area (Å²) in [5, 5.41) is 9.67. The van der Waals surface area contributed by atoms with E-state index in [1.807, 2.05) is 0 Å². The minimum Gasteiger partial charge on any atom is -0.466 e. The van der Waals surface area contributed by atoms with E-state index < -0.39 is 35.8 Å². The van der Waals surface area contributed by atoms with Crippen molar-refractivity contribution < 1.29 is 33.7 Å². The fourth-order valence-corrected chi connectivity index (χ4v) is 3.17. The molecule has 32 heavy (non-hydrogen) atoms. The summed E-state index contributed by atoms with van der Waals surface area (Å²) in [6.07, 6.45) is 9.74. The Morgan fingerprint density at radius 3 is 1.78 bits per heavy atom. The lowest BCUT2D eigenvalue weighted by Crippen LogP contribution is -2.34. The number of unbranched alkanes of at least 4 members (excludes halogenated alkanes) is 8. The lowest BCUT2D eigenvalue weighted by atomic mass is 9.91. The van der Waals surface area contributed by atoms with Gasteiger partial charge in [-0.05, 0) is 19.3 Å². The predicted octanol–water partition coefficient (Wildman–Crippen LogP) is 4.97. The van der Waals surface area contributed by atoms with Crippen LogP contribution >= 0.6 is 0 Å². The summed E-state index contributed by atoms with van der Waals surface area (Å²) in [6.45, 7) is 8.04. The first kappa shape index (κ1) is 30.4. The van der Waals surface area contributed by atoms with Crippen LogP contribution in [0.1, 0.15) is 105 Å². The number of carbonyl (C=O) groups is 3. The Balaban J connectivity index is 4.71. The van der Waals surface area contributed by atoms with Crippen LogP contribution < -0.4 is 0 Å². The zero-order chi connectivity index (χ0) is 24.2. The highest BCUT2D eigenvalue weighted by atomic mass is 16.6. The lowest BCUT2D eigenvalue weighted by molar-refractivity contribution is -0.165. The van der Waals surface area contributed by atoms with E-state index in [1.54, 1.807) is 13.8 Å². The molecule has 3 unspecified atom stereocenters. The van der Waals surface area contributed by atoms with Crippen molar-refractivity contribution in [3.8, 4) is 0 Å². The standard InChI is InChI=1S/C25H46O7/c1-5-8-10-12-14-16-30-23(27)18-22(25(29)32-19-21(26)7-3)20(4)24(28)31-17-15-13-11-9-6-2/h20-22,26H,5-19H2,1-4H3. The topological polar surface area (TPSA) is 99.1 Å². The molecule has 0 fully saturated rings. The summed E-state index contributed by atoms with van der Waals surface area (Å²) in [7, 11) is 0. The molecule has 0 aliphatic carbocycles. The van der Waals surface area contributed by atoms with E-state index in [1.165, 1.54) is 0 Å². The largest absolute Gasteiger partial charge is 0.466 e. The third-order valence-corrected chi connectivity index (χ3v) is 5.56. The molecule has 0 aromatic carbocycles. The van der Waals surface area contributed by atoms with E-state index in [9.17, 15) is 19.5 Å². The summed E-state index contributed by atoms with van der Waals surface area (Å²) in [5.41, 5.74) is 0. The van der Waals surface area contributed by atoms with Crippen LogP contribution in [0.4, 0.5) is 0 Å². The summed E-state index contributed by atoms with van der Waals surface area (Å²) in [6, 6.07) is 0. The van der Waals surface area contributed by atoms with Crippen molar-refractivity contribution in [1.82, 2.24) is 0 Å². The third-order valence-electron chi connectivity index (χ3n) is 5.56. The summed E-state index contributed by atoms with van der Waals surface area (Å²) >= 11 is 0. The highest BCUT2D eigenvalue weighted by molar-refractivity contribution is 5.85. The quantitative estimate of drug-likeness (QED) is 0.156. The number of ether oxygens (including phenoxy) is 3. The summed E-state index contributed by atoms with van der Waals surface area (Å²) in [4.78, 5) is 37.4. The van der Waals surface area contributed by atoms with Gasteiger partial charge in [0.25, 0.3) is 0 Å². The maximum absolute atomic E-state index is 12.6. The van der Waals surface area contributed by atoms with Crippen molar-refractivity contribution in [2.75, 3.05) is 19.8 Å². The SMILES string of the molecule is CCCCCCCOC(=O)CC(C(=O)OCC(O)CC)C(C)C(=O)OCCCCCCC. The molecule has 0 aromatic rings. The average molecular weight is 459 g/mol. The van der Waals surface area contributed by atoms with Gasteiger partial charge in [-0.2, -0.15) is 0 Å². The van der Waals surface area contributed by atoms with Crippen LogP contribution in [0.15, 0.2) is 0 Å². The van der Waals surface area contributed by atoms with Crippen LogP contribution in [0.3, 0.4) is 0 Å². The van der Waals surface area contributed by atoms with Crippen LogP contribution in [-0.2, 0) is 28.6 Å². The van der Waals surface area contributed by atoms with Gasteiger partial charge in [-0.25, -0.2) is 0 Å². The third kappa shape index (κ3) is 15.2. The molecule has 7 heteroatoms. The van der Waals surface area contributed by atoms with Crippen LogP contribution in [0.25, 0.3) is 0 Å². The van der Waals surface area contributed by atoms with Crippen LogP contribution in [-0.4, -0.2) is 48.9 Å². The lowest BCUT2D eigenvalue weighted by Gasteiger charge is -2.21. The second-order valence-electron chi connectivity index (χ2n) is 8.51. The minimum atomic E-state index is -1.00. The fraction of sp³-hybridized carbons (Fsp3) is 0.880. The van der Waals surface area contributed by atoms with Gasteiger partial charge in [-0.3, -0.25) is 14.4 Å². The molecule has 3 atom stereocenters. The average Bonchev–Trinajstić information content (AvgIpc) is 2.79. The molecule has 0 saturated carbocycles. The number of carbonyl (C=O) groups excluding carboxylic acids is 3. The second kappa shape index (κ2) is 20.0. The van der Waals surface area contributed by atoms with Crippen LogP contribution in [0.2, 0.25) is 0 Å². The molecule has 188 valence electrons. The summed E-state index contributed by atoms with van der Waals surface area (Å²) < 4.78 is 15.8. The molecule has 0 saturated heterocycles. The first-order chi connectivity index (χ1) is 15.4. The molecule has 0 amide bonds. The molecule has 0 aromatic heterocycles. The van der Waals surface area contributed by atoms with Crippen LogP contribution in [0.5, 0.6) is 0 Å². The van der Waals surface area contributed by atoms with Gasteiger partial charge in [0, 0.05) is 0 Å². The molecule has 0 rings (SSSR count). The Morgan fingerprint density at radius 2 is 1.25 bits per heavy atom. The van der Waals surface area contributed by atoms with Crippen molar-refractivity contribution in [2.24, 2.45) is 11.8 Å². The van der Waals surface area contributed by atoms with Gasteiger partial charge in [0.15, 0.2) is 0 Å². The van der Waals surface area contributed by atoms with Crippen LogP contribution in [0, 0.1) is 11.8 Å². The predicted molar refractivity (Wildman–Crippen MR) is 124 cm³/mol. The van der Waals surface area contributed by atoms with Gasteiger partial charge in [-0.1, -0.05) is 79.1 Å². The van der Waals surface area contributed by atoms with Gasteiger partial charge in [-0.15, -0.1) is 0 Å². The Bertz CT molecular complexity index is 507. The molecule has 0 heterocycles. The van der Waals surface area contributed by atoms with Crippen molar-refractivity contribution in [2.45, 2.75) is 111 Å². The van der Waals surface area contributed by atoms with Crippen molar-refractivity contribution >= 4 is 17.9 Å². The molecular weight excluding hydrogens is 412 g/mol. The number of aliphatic hydroxyl groups excluding tert-OH is 1. The number of esters is 3.